The molecule has 0 radical (unpaired) electrons. The molecule has 7 nitrogen and oxygen atoms in total. The first-order valence-electron chi connectivity index (χ1n) is 7.54. The average Bonchev–Trinajstić information content (AvgIpc) is 3.22. The molecule has 0 unspecified atom stereocenters. The molecule has 1 N–H and O–H groups in total. The third-order valence-electron chi connectivity index (χ3n) is 3.60. The number of benzene rings is 1. The lowest BCUT2D eigenvalue weighted by molar-refractivity contribution is 0.0917. The molecule has 3 aromatic rings. The van der Waals surface area contributed by atoms with Crippen LogP contribution in [0.1, 0.15) is 21.8 Å². The van der Waals surface area contributed by atoms with Crippen LogP contribution < -0.4 is 5.32 Å². The molecule has 3 rings (SSSR count). The second kappa shape index (κ2) is 6.56. The monoisotopic (exact) mass is 359 g/mol. The van der Waals surface area contributed by atoms with E-state index in [4.69, 9.17) is 4.42 Å². The summed E-state index contributed by atoms with van der Waals surface area (Å²) in [5.41, 5.74) is 1.64. The normalized spacial score (nSPS) is 11.4. The number of hydrogen-bond acceptors (Lipinski definition) is 5. The van der Waals surface area contributed by atoms with Crippen molar-refractivity contribution in [2.45, 2.75) is 23.5 Å². The Bertz CT molecular complexity index is 1000. The van der Waals surface area contributed by atoms with Crippen LogP contribution >= 0.6 is 0 Å². The molecule has 0 saturated carbocycles. The maximum atomic E-state index is 12.5. The summed E-state index contributed by atoms with van der Waals surface area (Å²) >= 11 is 0. The standard InChI is InChI=1S/C17H17N3O4S/c1-12-3-5-14(6-4-12)25(22,23)16-8-7-15(24-16)17(21)18-11-13-9-10-20(2)19-13/h3-10H,11H2,1-2H3,(H,18,21). The van der Waals surface area contributed by atoms with Gasteiger partial charge >= 0.3 is 0 Å². The molecule has 0 saturated heterocycles. The number of nitrogens with one attached hydrogen (secondary N) is 1. The molecular weight excluding hydrogens is 342 g/mol. The van der Waals surface area contributed by atoms with Gasteiger partial charge in [0.15, 0.2) is 5.76 Å². The molecule has 8 heteroatoms. The van der Waals surface area contributed by atoms with Crippen LogP contribution in [-0.4, -0.2) is 24.1 Å². The van der Waals surface area contributed by atoms with Gasteiger partial charge in [0.05, 0.1) is 17.1 Å². The molecule has 1 aromatic carbocycles. The Morgan fingerprint density at radius 3 is 2.52 bits per heavy atom. The van der Waals surface area contributed by atoms with Crippen LogP contribution in [0.3, 0.4) is 0 Å². The van der Waals surface area contributed by atoms with Crippen molar-refractivity contribution in [1.29, 1.82) is 0 Å². The van der Waals surface area contributed by atoms with E-state index in [9.17, 15) is 13.2 Å². The maximum Gasteiger partial charge on any atom is 0.287 e. The van der Waals surface area contributed by atoms with Gasteiger partial charge in [-0.3, -0.25) is 9.48 Å². The van der Waals surface area contributed by atoms with E-state index in [-0.39, 0.29) is 22.3 Å². The van der Waals surface area contributed by atoms with E-state index in [2.05, 4.69) is 10.4 Å². The van der Waals surface area contributed by atoms with Crippen molar-refractivity contribution >= 4 is 15.7 Å². The summed E-state index contributed by atoms with van der Waals surface area (Å²) < 4.78 is 31.9. The summed E-state index contributed by atoms with van der Waals surface area (Å²) in [5, 5.41) is 6.52. The van der Waals surface area contributed by atoms with E-state index in [1.54, 1.807) is 36.1 Å². The van der Waals surface area contributed by atoms with Crippen molar-refractivity contribution in [3.63, 3.8) is 0 Å². The first-order valence-corrected chi connectivity index (χ1v) is 9.03. The van der Waals surface area contributed by atoms with Crippen LogP contribution in [0.15, 0.2) is 63.1 Å². The highest BCUT2D eigenvalue weighted by Crippen LogP contribution is 2.23. The number of carbonyl (C=O) groups is 1. The lowest BCUT2D eigenvalue weighted by Crippen LogP contribution is -2.22. The lowest BCUT2D eigenvalue weighted by atomic mass is 10.2. The van der Waals surface area contributed by atoms with Gasteiger partial charge in [-0.2, -0.15) is 5.10 Å². The first kappa shape index (κ1) is 17.0. The Kier molecular flexibility index (Phi) is 4.45. The van der Waals surface area contributed by atoms with Crippen LogP contribution in [0, 0.1) is 6.92 Å². The number of furan rings is 1. The van der Waals surface area contributed by atoms with Gasteiger partial charge in [0.1, 0.15) is 0 Å². The number of aromatic nitrogens is 2. The number of carbonyl (C=O) groups excluding carboxylic acids is 1. The van der Waals surface area contributed by atoms with E-state index in [1.807, 2.05) is 6.92 Å². The molecule has 130 valence electrons. The molecule has 0 aliphatic rings. The van der Waals surface area contributed by atoms with Gasteiger partial charge in [0.2, 0.25) is 14.9 Å². The fourth-order valence-electron chi connectivity index (χ4n) is 2.24. The Balaban J connectivity index is 1.75. The van der Waals surface area contributed by atoms with Gasteiger partial charge < -0.3 is 9.73 Å². The van der Waals surface area contributed by atoms with E-state index in [0.717, 1.165) is 5.56 Å². The number of rotatable bonds is 5. The summed E-state index contributed by atoms with van der Waals surface area (Å²) in [6.07, 6.45) is 1.76. The average molecular weight is 359 g/mol. The number of nitrogens with zero attached hydrogens (tertiary/aromatic N) is 2. The summed E-state index contributed by atoms with van der Waals surface area (Å²) in [5.74, 6) is -0.572. The van der Waals surface area contributed by atoms with Crippen molar-refractivity contribution in [1.82, 2.24) is 15.1 Å². The molecule has 0 bridgehead atoms. The van der Waals surface area contributed by atoms with Crippen molar-refractivity contribution in [2.24, 2.45) is 7.05 Å². The molecule has 2 aromatic heterocycles. The van der Waals surface area contributed by atoms with Crippen LogP contribution in [0.25, 0.3) is 0 Å². The molecule has 0 atom stereocenters. The highest BCUT2D eigenvalue weighted by atomic mass is 32.2. The summed E-state index contributed by atoms with van der Waals surface area (Å²) in [7, 11) is -2.02. The van der Waals surface area contributed by atoms with Gasteiger partial charge in [-0.1, -0.05) is 17.7 Å². The molecule has 2 heterocycles. The van der Waals surface area contributed by atoms with Crippen molar-refractivity contribution < 1.29 is 17.6 Å². The van der Waals surface area contributed by atoms with Gasteiger partial charge in [-0.25, -0.2) is 8.42 Å². The minimum Gasteiger partial charge on any atom is -0.439 e. The van der Waals surface area contributed by atoms with E-state index in [0.29, 0.717) is 5.69 Å². The number of amides is 1. The second-order valence-corrected chi connectivity index (χ2v) is 7.48. The predicted molar refractivity (Wildman–Crippen MR) is 89.7 cm³/mol. The van der Waals surface area contributed by atoms with Crippen LogP contribution in [-0.2, 0) is 23.4 Å². The van der Waals surface area contributed by atoms with Crippen molar-refractivity contribution in [3.05, 3.63) is 65.7 Å². The zero-order valence-corrected chi connectivity index (χ0v) is 14.6. The zero-order valence-electron chi connectivity index (χ0n) is 13.8. The molecule has 0 fully saturated rings. The Labute approximate surface area is 145 Å². The zero-order chi connectivity index (χ0) is 18.0. The van der Waals surface area contributed by atoms with Crippen molar-refractivity contribution in [2.75, 3.05) is 0 Å². The highest BCUT2D eigenvalue weighted by Gasteiger charge is 2.23. The van der Waals surface area contributed by atoms with Gasteiger partial charge in [-0.05, 0) is 37.3 Å². The fourth-order valence-corrected chi connectivity index (χ4v) is 3.41. The summed E-state index contributed by atoms with van der Waals surface area (Å²) in [4.78, 5) is 12.2. The van der Waals surface area contributed by atoms with Gasteiger partial charge in [0.25, 0.3) is 5.91 Å². The van der Waals surface area contributed by atoms with Crippen LogP contribution in [0.4, 0.5) is 0 Å². The Hall–Kier alpha value is -2.87. The maximum absolute atomic E-state index is 12.5. The highest BCUT2D eigenvalue weighted by molar-refractivity contribution is 7.91. The minimum absolute atomic E-state index is 0.0679. The minimum atomic E-state index is -3.79. The number of hydrogen-bond donors (Lipinski definition) is 1. The third-order valence-corrected chi connectivity index (χ3v) is 5.24. The van der Waals surface area contributed by atoms with Gasteiger partial charge in [-0.15, -0.1) is 0 Å². The Morgan fingerprint density at radius 2 is 1.88 bits per heavy atom. The topological polar surface area (TPSA) is 94.2 Å². The van der Waals surface area contributed by atoms with E-state index in [1.165, 1.54) is 24.3 Å². The second-order valence-electron chi connectivity index (χ2n) is 5.60. The molecule has 1 amide bonds. The van der Waals surface area contributed by atoms with Gasteiger partial charge in [0, 0.05) is 13.2 Å². The largest absolute Gasteiger partial charge is 0.439 e. The molecule has 0 aliphatic carbocycles. The third kappa shape index (κ3) is 3.63. The molecule has 0 aliphatic heterocycles. The number of sulfone groups is 1. The number of aryl methyl sites for hydroxylation is 2. The molecule has 0 spiro atoms. The van der Waals surface area contributed by atoms with Crippen molar-refractivity contribution in [3.8, 4) is 0 Å². The fraction of sp³-hybridized carbons (Fsp3) is 0.176. The molecule has 25 heavy (non-hydrogen) atoms. The molecular formula is C17H17N3O4S. The predicted octanol–water partition coefficient (Wildman–Crippen LogP) is 2.08. The van der Waals surface area contributed by atoms with E-state index >= 15 is 0 Å². The lowest BCUT2D eigenvalue weighted by Gasteiger charge is -2.02. The van der Waals surface area contributed by atoms with Crippen LogP contribution in [0.2, 0.25) is 0 Å². The van der Waals surface area contributed by atoms with Crippen LogP contribution in [0.5, 0.6) is 0 Å². The SMILES string of the molecule is Cc1ccc(S(=O)(=O)c2ccc(C(=O)NCc3ccn(C)n3)o2)cc1. The smallest absolute Gasteiger partial charge is 0.287 e. The first-order chi connectivity index (χ1) is 11.9. The van der Waals surface area contributed by atoms with E-state index < -0.39 is 15.7 Å². The Morgan fingerprint density at radius 1 is 1.16 bits per heavy atom. The summed E-state index contributed by atoms with van der Waals surface area (Å²) in [6.45, 7) is 2.09. The quantitative estimate of drug-likeness (QED) is 0.753. The summed E-state index contributed by atoms with van der Waals surface area (Å²) in [6, 6.07) is 10.8.